The van der Waals surface area contributed by atoms with Crippen LogP contribution in [0.5, 0.6) is 0 Å². The molecule has 0 aliphatic rings. The smallest absolute Gasteiger partial charge is 0.181 e. The Kier molecular flexibility index (Phi) is 2.86. The van der Waals surface area contributed by atoms with Crippen molar-refractivity contribution in [2.45, 2.75) is 13.8 Å². The first kappa shape index (κ1) is 8.78. The standard InChI is InChI=1S/C10H13NO/c1-3-11(12)8-10-6-4-9(2)5-7-10/h4-8H,3H2,1-2H3/b11-8-. The average molecular weight is 163 g/mol. The SMILES string of the molecule is CC/[N+]([O-])=C/c1ccc(C)cc1. The summed E-state index contributed by atoms with van der Waals surface area (Å²) in [5.41, 5.74) is 2.17. The van der Waals surface area contributed by atoms with E-state index in [1.54, 1.807) is 6.21 Å². The molecule has 1 rings (SSSR count). The third kappa shape index (κ3) is 2.38. The number of hydrogen-bond donors (Lipinski definition) is 0. The normalized spacial score (nSPS) is 11.7. The van der Waals surface area contributed by atoms with Gasteiger partial charge in [-0.25, -0.2) is 4.74 Å². The number of benzene rings is 1. The van der Waals surface area contributed by atoms with E-state index in [0.717, 1.165) is 10.3 Å². The summed E-state index contributed by atoms with van der Waals surface area (Å²) in [5.74, 6) is 0. The summed E-state index contributed by atoms with van der Waals surface area (Å²) >= 11 is 0. The molecule has 12 heavy (non-hydrogen) atoms. The molecular weight excluding hydrogens is 150 g/mol. The van der Waals surface area contributed by atoms with Crippen molar-refractivity contribution in [2.75, 3.05) is 6.54 Å². The Morgan fingerprint density at radius 2 is 1.92 bits per heavy atom. The van der Waals surface area contributed by atoms with Gasteiger partial charge < -0.3 is 5.21 Å². The maximum Gasteiger partial charge on any atom is 0.181 e. The molecule has 0 amide bonds. The van der Waals surface area contributed by atoms with Crippen LogP contribution in [0.15, 0.2) is 24.3 Å². The van der Waals surface area contributed by atoms with Crippen LogP contribution in [0.2, 0.25) is 0 Å². The highest BCUT2D eigenvalue weighted by molar-refractivity contribution is 5.75. The molecule has 0 spiro atoms. The Labute approximate surface area is 72.7 Å². The minimum absolute atomic E-state index is 0.494. The van der Waals surface area contributed by atoms with E-state index < -0.39 is 0 Å². The van der Waals surface area contributed by atoms with Gasteiger partial charge in [0.15, 0.2) is 12.8 Å². The second-order valence-electron chi connectivity index (χ2n) is 2.77. The summed E-state index contributed by atoms with van der Waals surface area (Å²) in [6.07, 6.45) is 1.60. The van der Waals surface area contributed by atoms with Crippen molar-refractivity contribution in [1.29, 1.82) is 0 Å². The molecule has 0 unspecified atom stereocenters. The van der Waals surface area contributed by atoms with E-state index in [0.29, 0.717) is 6.54 Å². The zero-order valence-electron chi connectivity index (χ0n) is 7.45. The van der Waals surface area contributed by atoms with Gasteiger partial charge in [0.2, 0.25) is 0 Å². The molecule has 2 heteroatoms. The Morgan fingerprint density at radius 1 is 1.33 bits per heavy atom. The van der Waals surface area contributed by atoms with E-state index in [-0.39, 0.29) is 0 Å². The molecule has 0 saturated heterocycles. The van der Waals surface area contributed by atoms with E-state index in [2.05, 4.69) is 0 Å². The predicted octanol–water partition coefficient (Wildman–Crippen LogP) is 1.94. The van der Waals surface area contributed by atoms with Crippen LogP contribution in [-0.2, 0) is 0 Å². The summed E-state index contributed by atoms with van der Waals surface area (Å²) in [6.45, 7) is 4.35. The maximum absolute atomic E-state index is 10.9. The zero-order chi connectivity index (χ0) is 8.97. The summed E-state index contributed by atoms with van der Waals surface area (Å²) < 4.78 is 0.921. The lowest BCUT2D eigenvalue weighted by atomic mass is 10.2. The number of aryl methyl sites for hydroxylation is 1. The molecule has 0 radical (unpaired) electrons. The topological polar surface area (TPSA) is 26.1 Å². The van der Waals surface area contributed by atoms with E-state index in [1.807, 2.05) is 38.1 Å². The number of rotatable bonds is 2. The van der Waals surface area contributed by atoms with Gasteiger partial charge in [-0.1, -0.05) is 17.7 Å². The minimum atomic E-state index is 0.494. The van der Waals surface area contributed by atoms with E-state index in [1.165, 1.54) is 5.56 Å². The van der Waals surface area contributed by atoms with Gasteiger partial charge in [0.05, 0.1) is 0 Å². The highest BCUT2D eigenvalue weighted by Gasteiger charge is 1.91. The van der Waals surface area contributed by atoms with Crippen molar-refractivity contribution >= 4 is 6.21 Å². The minimum Gasteiger partial charge on any atom is -0.624 e. The van der Waals surface area contributed by atoms with Gasteiger partial charge in [0, 0.05) is 5.56 Å². The van der Waals surface area contributed by atoms with Crippen molar-refractivity contribution in [1.82, 2.24) is 0 Å². The lowest BCUT2D eigenvalue weighted by Gasteiger charge is -1.99. The molecule has 64 valence electrons. The molecular formula is C10H13NO. The predicted molar refractivity (Wildman–Crippen MR) is 50.5 cm³/mol. The third-order valence-corrected chi connectivity index (χ3v) is 1.68. The molecule has 0 heterocycles. The fraction of sp³-hybridized carbons (Fsp3) is 0.300. The molecule has 1 aromatic carbocycles. The molecule has 0 fully saturated rings. The van der Waals surface area contributed by atoms with Crippen molar-refractivity contribution in [3.05, 3.63) is 40.6 Å². The largest absolute Gasteiger partial charge is 0.624 e. The lowest BCUT2D eigenvalue weighted by molar-refractivity contribution is -0.447. The second-order valence-corrected chi connectivity index (χ2v) is 2.77. The third-order valence-electron chi connectivity index (χ3n) is 1.68. The number of hydrogen-bond acceptors (Lipinski definition) is 1. The Hall–Kier alpha value is -1.31. The second kappa shape index (κ2) is 3.90. The molecule has 0 aromatic heterocycles. The van der Waals surface area contributed by atoms with Crippen molar-refractivity contribution in [2.24, 2.45) is 0 Å². The summed E-state index contributed by atoms with van der Waals surface area (Å²) in [4.78, 5) is 0. The van der Waals surface area contributed by atoms with Gasteiger partial charge in [0.1, 0.15) is 0 Å². The molecule has 0 aliphatic heterocycles. The van der Waals surface area contributed by atoms with E-state index in [4.69, 9.17) is 0 Å². The first-order chi connectivity index (χ1) is 5.72. The van der Waals surface area contributed by atoms with E-state index >= 15 is 0 Å². The molecule has 0 atom stereocenters. The van der Waals surface area contributed by atoms with Crippen molar-refractivity contribution in [3.63, 3.8) is 0 Å². The highest BCUT2D eigenvalue weighted by atomic mass is 16.5. The average Bonchev–Trinajstić information content (AvgIpc) is 2.09. The molecule has 0 aliphatic carbocycles. The first-order valence-corrected chi connectivity index (χ1v) is 4.07. The van der Waals surface area contributed by atoms with Crippen molar-refractivity contribution in [3.8, 4) is 0 Å². The summed E-state index contributed by atoms with van der Waals surface area (Å²) in [5, 5.41) is 10.9. The monoisotopic (exact) mass is 163 g/mol. The van der Waals surface area contributed by atoms with Crippen molar-refractivity contribution < 1.29 is 4.74 Å². The van der Waals surface area contributed by atoms with Gasteiger partial charge in [0.25, 0.3) is 0 Å². The maximum atomic E-state index is 10.9. The van der Waals surface area contributed by atoms with Gasteiger partial charge in [-0.2, -0.15) is 0 Å². The zero-order valence-corrected chi connectivity index (χ0v) is 7.45. The van der Waals surface area contributed by atoms with Crippen LogP contribution < -0.4 is 0 Å². The summed E-state index contributed by atoms with van der Waals surface area (Å²) in [7, 11) is 0. The van der Waals surface area contributed by atoms with Crippen LogP contribution in [0.4, 0.5) is 0 Å². The Balaban J connectivity index is 2.84. The number of hydroxylamine groups is 1. The summed E-state index contributed by atoms with van der Waals surface area (Å²) in [6, 6.07) is 7.87. The fourth-order valence-corrected chi connectivity index (χ4v) is 0.910. The fourth-order valence-electron chi connectivity index (χ4n) is 0.910. The van der Waals surface area contributed by atoms with Crippen LogP contribution in [0, 0.1) is 12.1 Å². The molecule has 0 N–H and O–H groups in total. The van der Waals surface area contributed by atoms with Gasteiger partial charge >= 0.3 is 0 Å². The van der Waals surface area contributed by atoms with Gasteiger partial charge in [-0.05, 0) is 26.0 Å². The van der Waals surface area contributed by atoms with Crippen LogP contribution in [0.3, 0.4) is 0 Å². The van der Waals surface area contributed by atoms with Gasteiger partial charge in [-0.3, -0.25) is 0 Å². The Bertz CT molecular complexity index is 274. The van der Waals surface area contributed by atoms with Crippen LogP contribution in [-0.4, -0.2) is 17.5 Å². The molecule has 1 aromatic rings. The molecule has 2 nitrogen and oxygen atoms in total. The van der Waals surface area contributed by atoms with Crippen LogP contribution in [0.25, 0.3) is 0 Å². The van der Waals surface area contributed by atoms with Crippen LogP contribution >= 0.6 is 0 Å². The molecule has 0 saturated carbocycles. The van der Waals surface area contributed by atoms with Gasteiger partial charge in [-0.15, -0.1) is 0 Å². The first-order valence-electron chi connectivity index (χ1n) is 4.07. The lowest BCUT2D eigenvalue weighted by Crippen LogP contribution is -2.03. The quantitative estimate of drug-likeness (QED) is 0.283. The Morgan fingerprint density at radius 3 is 2.42 bits per heavy atom. The van der Waals surface area contributed by atoms with Crippen LogP contribution in [0.1, 0.15) is 18.1 Å². The van der Waals surface area contributed by atoms with E-state index in [9.17, 15) is 5.21 Å². The number of nitrogens with zero attached hydrogens (tertiary/aromatic N) is 1. The highest BCUT2D eigenvalue weighted by Crippen LogP contribution is 1.99. The molecule has 0 bridgehead atoms.